The standard InChI is InChI=1S/C14H28OSi/c1-3-12(2)15-16(13-8-4-5-9-13)14-10-6-7-11-14/h12-14,16H,3-11H2,1-2H3. The lowest BCUT2D eigenvalue weighted by atomic mass is 10.3. The van der Waals surface area contributed by atoms with Crippen LogP contribution in [0.3, 0.4) is 0 Å². The van der Waals surface area contributed by atoms with Gasteiger partial charge >= 0.3 is 0 Å². The molecule has 16 heavy (non-hydrogen) atoms. The lowest BCUT2D eigenvalue weighted by Gasteiger charge is -2.30. The highest BCUT2D eigenvalue weighted by Crippen LogP contribution is 2.44. The van der Waals surface area contributed by atoms with Gasteiger partial charge in [-0.3, -0.25) is 0 Å². The second-order valence-corrected chi connectivity index (χ2v) is 9.00. The molecule has 2 aliphatic carbocycles. The largest absolute Gasteiger partial charge is 0.417 e. The SMILES string of the molecule is CCC(C)O[SiH](C1CCCC1)C1CCCC1. The summed E-state index contributed by atoms with van der Waals surface area (Å²) in [4.78, 5) is 0. The molecule has 2 heteroatoms. The van der Waals surface area contributed by atoms with E-state index in [1.165, 1.54) is 57.8 Å². The summed E-state index contributed by atoms with van der Waals surface area (Å²) in [5.41, 5.74) is 2.05. The van der Waals surface area contributed by atoms with E-state index in [0.717, 1.165) is 11.1 Å². The first-order valence-electron chi connectivity index (χ1n) is 7.46. The Morgan fingerprint density at radius 2 is 1.44 bits per heavy atom. The first-order valence-corrected chi connectivity index (χ1v) is 9.27. The van der Waals surface area contributed by atoms with E-state index in [4.69, 9.17) is 4.43 Å². The second-order valence-electron chi connectivity index (χ2n) is 5.91. The summed E-state index contributed by atoms with van der Waals surface area (Å²) in [6.45, 7) is 4.54. The third-order valence-corrected chi connectivity index (χ3v) is 8.66. The molecular weight excluding hydrogens is 212 g/mol. The van der Waals surface area contributed by atoms with Crippen LogP contribution in [0.4, 0.5) is 0 Å². The smallest absolute Gasteiger partial charge is 0.183 e. The maximum Gasteiger partial charge on any atom is 0.183 e. The minimum Gasteiger partial charge on any atom is -0.417 e. The zero-order valence-electron chi connectivity index (χ0n) is 11.1. The quantitative estimate of drug-likeness (QED) is 0.647. The number of hydrogen-bond acceptors (Lipinski definition) is 1. The molecule has 0 aromatic carbocycles. The molecule has 2 aliphatic rings. The van der Waals surface area contributed by atoms with E-state index >= 15 is 0 Å². The maximum absolute atomic E-state index is 6.51. The maximum atomic E-state index is 6.51. The minimum absolute atomic E-state index is 0.526. The van der Waals surface area contributed by atoms with Crippen LogP contribution >= 0.6 is 0 Å². The molecular formula is C14H28OSi. The topological polar surface area (TPSA) is 9.23 Å². The van der Waals surface area contributed by atoms with Gasteiger partial charge in [0.1, 0.15) is 0 Å². The highest BCUT2D eigenvalue weighted by molar-refractivity contribution is 6.55. The minimum atomic E-state index is -0.914. The Kier molecular flexibility index (Phi) is 4.90. The van der Waals surface area contributed by atoms with Gasteiger partial charge in [0.25, 0.3) is 0 Å². The molecule has 0 aliphatic heterocycles. The van der Waals surface area contributed by atoms with Gasteiger partial charge in [0.05, 0.1) is 0 Å². The van der Waals surface area contributed by atoms with Crippen molar-refractivity contribution < 1.29 is 4.43 Å². The van der Waals surface area contributed by atoms with Crippen molar-refractivity contribution in [3.63, 3.8) is 0 Å². The van der Waals surface area contributed by atoms with Crippen LogP contribution in [0, 0.1) is 0 Å². The van der Waals surface area contributed by atoms with Gasteiger partial charge in [0, 0.05) is 6.10 Å². The molecule has 0 heterocycles. The van der Waals surface area contributed by atoms with Gasteiger partial charge in [-0.25, -0.2) is 0 Å². The van der Waals surface area contributed by atoms with Gasteiger partial charge in [-0.05, 0) is 24.4 Å². The third-order valence-electron chi connectivity index (χ3n) is 4.69. The van der Waals surface area contributed by atoms with Gasteiger partial charge in [0.2, 0.25) is 0 Å². The molecule has 1 unspecified atom stereocenters. The fraction of sp³-hybridized carbons (Fsp3) is 1.00. The Morgan fingerprint density at radius 3 is 1.81 bits per heavy atom. The molecule has 94 valence electrons. The first-order chi connectivity index (χ1) is 7.81. The van der Waals surface area contributed by atoms with Crippen LogP contribution in [-0.4, -0.2) is 15.1 Å². The van der Waals surface area contributed by atoms with E-state index in [1.807, 2.05) is 0 Å². The highest BCUT2D eigenvalue weighted by Gasteiger charge is 2.36. The van der Waals surface area contributed by atoms with Crippen LogP contribution < -0.4 is 0 Å². The van der Waals surface area contributed by atoms with Crippen molar-refractivity contribution in [2.24, 2.45) is 0 Å². The molecule has 0 saturated heterocycles. The molecule has 2 fully saturated rings. The number of hydrogen-bond donors (Lipinski definition) is 0. The molecule has 0 aromatic rings. The monoisotopic (exact) mass is 240 g/mol. The van der Waals surface area contributed by atoms with Crippen LogP contribution in [0.25, 0.3) is 0 Å². The molecule has 0 radical (unpaired) electrons. The zero-order chi connectivity index (χ0) is 11.4. The van der Waals surface area contributed by atoms with E-state index < -0.39 is 9.04 Å². The van der Waals surface area contributed by atoms with Crippen LogP contribution in [0.15, 0.2) is 0 Å². The van der Waals surface area contributed by atoms with Crippen LogP contribution in [0.5, 0.6) is 0 Å². The van der Waals surface area contributed by atoms with Crippen molar-refractivity contribution in [2.45, 2.75) is 88.8 Å². The van der Waals surface area contributed by atoms with Crippen LogP contribution in [0.2, 0.25) is 11.1 Å². The molecule has 1 nitrogen and oxygen atoms in total. The van der Waals surface area contributed by atoms with E-state index in [2.05, 4.69) is 13.8 Å². The van der Waals surface area contributed by atoms with Crippen molar-refractivity contribution in [3.8, 4) is 0 Å². The van der Waals surface area contributed by atoms with Gasteiger partial charge in [-0.2, -0.15) is 0 Å². The Bertz CT molecular complexity index is 179. The van der Waals surface area contributed by atoms with E-state index in [1.54, 1.807) is 0 Å². The summed E-state index contributed by atoms with van der Waals surface area (Å²) in [5.74, 6) is 0. The third kappa shape index (κ3) is 3.10. The van der Waals surface area contributed by atoms with Gasteiger partial charge in [-0.15, -0.1) is 0 Å². The summed E-state index contributed by atoms with van der Waals surface area (Å²) >= 11 is 0. The number of rotatable bonds is 5. The molecule has 0 spiro atoms. The highest BCUT2D eigenvalue weighted by atomic mass is 28.3. The molecule has 0 amide bonds. The Hall–Kier alpha value is 0.177. The van der Waals surface area contributed by atoms with Crippen molar-refractivity contribution >= 4 is 9.04 Å². The lowest BCUT2D eigenvalue weighted by molar-refractivity contribution is 0.205. The summed E-state index contributed by atoms with van der Waals surface area (Å²) < 4.78 is 6.51. The predicted molar refractivity (Wildman–Crippen MR) is 72.4 cm³/mol. The molecule has 1 atom stereocenters. The van der Waals surface area contributed by atoms with Gasteiger partial charge in [-0.1, -0.05) is 58.3 Å². The normalized spacial score (nSPS) is 25.7. The molecule has 0 aromatic heterocycles. The Balaban J connectivity index is 1.93. The van der Waals surface area contributed by atoms with E-state index in [9.17, 15) is 0 Å². The summed E-state index contributed by atoms with van der Waals surface area (Å²) in [7, 11) is -0.914. The molecule has 0 bridgehead atoms. The average molecular weight is 240 g/mol. The van der Waals surface area contributed by atoms with Crippen LogP contribution in [-0.2, 0) is 4.43 Å². The van der Waals surface area contributed by atoms with E-state index in [-0.39, 0.29) is 0 Å². The fourth-order valence-corrected chi connectivity index (χ4v) is 7.74. The van der Waals surface area contributed by atoms with Crippen molar-refractivity contribution in [2.75, 3.05) is 0 Å². The molecule has 2 rings (SSSR count). The average Bonchev–Trinajstić information content (AvgIpc) is 2.97. The second kappa shape index (κ2) is 6.20. The van der Waals surface area contributed by atoms with Gasteiger partial charge < -0.3 is 4.43 Å². The zero-order valence-corrected chi connectivity index (χ0v) is 12.2. The Labute approximate surface area is 103 Å². The lowest BCUT2D eigenvalue weighted by Crippen LogP contribution is -2.32. The van der Waals surface area contributed by atoms with Crippen molar-refractivity contribution in [1.29, 1.82) is 0 Å². The summed E-state index contributed by atoms with van der Waals surface area (Å²) in [6.07, 6.45) is 13.6. The fourth-order valence-electron chi connectivity index (χ4n) is 3.54. The Morgan fingerprint density at radius 1 is 1.00 bits per heavy atom. The van der Waals surface area contributed by atoms with Gasteiger partial charge in [0.15, 0.2) is 9.04 Å². The van der Waals surface area contributed by atoms with Crippen molar-refractivity contribution in [1.82, 2.24) is 0 Å². The predicted octanol–water partition coefficient (Wildman–Crippen LogP) is 4.41. The van der Waals surface area contributed by atoms with Crippen molar-refractivity contribution in [3.05, 3.63) is 0 Å². The first kappa shape index (κ1) is 12.6. The summed E-state index contributed by atoms with van der Waals surface area (Å²) in [5, 5.41) is 0. The molecule has 2 saturated carbocycles. The molecule has 0 N–H and O–H groups in total. The van der Waals surface area contributed by atoms with Crippen LogP contribution in [0.1, 0.15) is 71.6 Å². The summed E-state index contributed by atoms with van der Waals surface area (Å²) in [6, 6.07) is 0. The van der Waals surface area contributed by atoms with E-state index in [0.29, 0.717) is 6.10 Å².